The molecule has 134 valence electrons. The van der Waals surface area contributed by atoms with Crippen LogP contribution in [0.5, 0.6) is 5.75 Å². The number of hydrazone groups is 1. The van der Waals surface area contributed by atoms with Crippen LogP contribution in [0.3, 0.4) is 0 Å². The van der Waals surface area contributed by atoms with Crippen molar-refractivity contribution < 1.29 is 14.3 Å². The SMILES string of the molecule is COc1ccc(N2C[C@H](C(=O)N/N=C\c3ccc(Cl)cc3)CC2=O)cc1. The molecule has 2 aromatic rings. The van der Waals surface area contributed by atoms with Crippen LogP contribution in [0.25, 0.3) is 0 Å². The van der Waals surface area contributed by atoms with Gasteiger partial charge in [-0.2, -0.15) is 5.10 Å². The molecule has 1 atom stereocenters. The average Bonchev–Trinajstić information content (AvgIpc) is 3.05. The number of nitrogens with one attached hydrogen (secondary N) is 1. The first-order valence-electron chi connectivity index (χ1n) is 8.09. The molecule has 0 unspecified atom stereocenters. The summed E-state index contributed by atoms with van der Waals surface area (Å²) in [5.74, 6) is -0.0882. The van der Waals surface area contributed by atoms with Crippen molar-refractivity contribution in [3.05, 3.63) is 59.1 Å². The Hall–Kier alpha value is -2.86. The molecule has 7 heteroatoms. The Morgan fingerprint density at radius 1 is 1.23 bits per heavy atom. The van der Waals surface area contributed by atoms with E-state index in [1.165, 1.54) is 6.21 Å². The highest BCUT2D eigenvalue weighted by molar-refractivity contribution is 6.30. The predicted molar refractivity (Wildman–Crippen MR) is 101 cm³/mol. The predicted octanol–water partition coefficient (Wildman–Crippen LogP) is 2.85. The molecule has 1 saturated heterocycles. The summed E-state index contributed by atoms with van der Waals surface area (Å²) in [6.07, 6.45) is 1.70. The van der Waals surface area contributed by atoms with Gasteiger partial charge in [0.1, 0.15) is 5.75 Å². The maximum atomic E-state index is 12.3. The Bertz CT molecular complexity index is 819. The number of rotatable bonds is 5. The minimum absolute atomic E-state index is 0.0861. The van der Waals surface area contributed by atoms with Crippen molar-refractivity contribution in [1.29, 1.82) is 0 Å². The summed E-state index contributed by atoms with van der Waals surface area (Å²) in [6.45, 7) is 0.327. The van der Waals surface area contributed by atoms with E-state index in [2.05, 4.69) is 10.5 Å². The fraction of sp³-hybridized carbons (Fsp3) is 0.211. The molecule has 2 amide bonds. The van der Waals surface area contributed by atoms with E-state index in [9.17, 15) is 9.59 Å². The van der Waals surface area contributed by atoms with E-state index in [-0.39, 0.29) is 18.2 Å². The van der Waals surface area contributed by atoms with Crippen molar-refractivity contribution in [2.24, 2.45) is 11.0 Å². The van der Waals surface area contributed by atoms with E-state index in [4.69, 9.17) is 16.3 Å². The van der Waals surface area contributed by atoms with Crippen LogP contribution < -0.4 is 15.1 Å². The number of anilines is 1. The van der Waals surface area contributed by atoms with Gasteiger partial charge in [0.15, 0.2) is 0 Å². The first kappa shape index (κ1) is 17.9. The number of benzene rings is 2. The van der Waals surface area contributed by atoms with E-state index in [0.29, 0.717) is 17.3 Å². The van der Waals surface area contributed by atoms with Gasteiger partial charge < -0.3 is 9.64 Å². The number of nitrogens with zero attached hydrogens (tertiary/aromatic N) is 2. The van der Waals surface area contributed by atoms with E-state index in [1.807, 2.05) is 0 Å². The molecule has 26 heavy (non-hydrogen) atoms. The number of methoxy groups -OCH3 is 1. The molecule has 1 aliphatic rings. The standard InChI is InChI=1S/C19H18ClN3O3/c1-26-17-8-6-16(7-9-17)23-12-14(10-18(23)24)19(25)22-21-11-13-2-4-15(20)5-3-13/h2-9,11,14H,10,12H2,1H3,(H,22,25)/b21-11-/t14-/m1/s1. The lowest BCUT2D eigenvalue weighted by Gasteiger charge is -2.16. The molecule has 0 aliphatic carbocycles. The zero-order valence-electron chi connectivity index (χ0n) is 14.2. The minimum Gasteiger partial charge on any atom is -0.497 e. The summed E-state index contributed by atoms with van der Waals surface area (Å²) >= 11 is 5.82. The fourth-order valence-electron chi connectivity index (χ4n) is 2.71. The van der Waals surface area contributed by atoms with Gasteiger partial charge in [-0.25, -0.2) is 5.43 Å². The third-order valence-electron chi connectivity index (χ3n) is 4.14. The lowest BCUT2D eigenvalue weighted by Crippen LogP contribution is -2.30. The molecule has 1 aliphatic heterocycles. The molecule has 0 radical (unpaired) electrons. The highest BCUT2D eigenvalue weighted by atomic mass is 35.5. The molecule has 1 N–H and O–H groups in total. The lowest BCUT2D eigenvalue weighted by molar-refractivity contribution is -0.126. The largest absolute Gasteiger partial charge is 0.497 e. The van der Waals surface area contributed by atoms with Gasteiger partial charge in [0.25, 0.3) is 0 Å². The van der Waals surface area contributed by atoms with E-state index >= 15 is 0 Å². The van der Waals surface area contributed by atoms with Crippen LogP contribution in [0, 0.1) is 5.92 Å². The summed E-state index contributed by atoms with van der Waals surface area (Å²) in [4.78, 5) is 26.1. The molecule has 0 spiro atoms. The Morgan fingerprint density at radius 3 is 2.58 bits per heavy atom. The van der Waals surface area contributed by atoms with Gasteiger partial charge in [-0.3, -0.25) is 9.59 Å². The van der Waals surface area contributed by atoms with Crippen LogP contribution in [-0.4, -0.2) is 31.7 Å². The Kier molecular flexibility index (Phi) is 5.53. The number of amides is 2. The summed E-state index contributed by atoms with van der Waals surface area (Å²) < 4.78 is 5.11. The van der Waals surface area contributed by atoms with Gasteiger partial charge in [0.2, 0.25) is 11.8 Å². The number of ether oxygens (including phenoxy) is 1. The Morgan fingerprint density at radius 2 is 1.92 bits per heavy atom. The second kappa shape index (κ2) is 8.01. The van der Waals surface area contributed by atoms with Crippen LogP contribution >= 0.6 is 11.6 Å². The Balaban J connectivity index is 1.58. The molecule has 2 aromatic carbocycles. The van der Waals surface area contributed by atoms with Crippen LogP contribution in [0.15, 0.2) is 53.6 Å². The Labute approximate surface area is 156 Å². The van der Waals surface area contributed by atoms with Crippen molar-refractivity contribution >= 4 is 35.3 Å². The number of carbonyl (C=O) groups excluding carboxylic acids is 2. The summed E-state index contributed by atoms with van der Waals surface area (Å²) in [7, 11) is 1.58. The molecule has 3 rings (SSSR count). The normalized spacial score (nSPS) is 16.9. The van der Waals surface area contributed by atoms with Crippen molar-refractivity contribution in [1.82, 2.24) is 5.43 Å². The van der Waals surface area contributed by atoms with Crippen molar-refractivity contribution in [2.45, 2.75) is 6.42 Å². The van der Waals surface area contributed by atoms with E-state index in [1.54, 1.807) is 60.5 Å². The topological polar surface area (TPSA) is 71.0 Å². The first-order chi connectivity index (χ1) is 12.6. The second-order valence-corrected chi connectivity index (χ2v) is 6.33. The third-order valence-corrected chi connectivity index (χ3v) is 4.39. The quantitative estimate of drug-likeness (QED) is 0.649. The summed E-state index contributed by atoms with van der Waals surface area (Å²) in [5.41, 5.74) is 4.06. The number of hydrogen-bond donors (Lipinski definition) is 1. The maximum absolute atomic E-state index is 12.3. The van der Waals surface area contributed by atoms with E-state index in [0.717, 1.165) is 11.3 Å². The molecule has 0 aromatic heterocycles. The van der Waals surface area contributed by atoms with Gasteiger partial charge in [0.05, 0.1) is 19.2 Å². The number of hydrogen-bond acceptors (Lipinski definition) is 4. The van der Waals surface area contributed by atoms with Crippen molar-refractivity contribution in [2.75, 3.05) is 18.6 Å². The van der Waals surface area contributed by atoms with Crippen molar-refractivity contribution in [3.8, 4) is 5.75 Å². The third kappa shape index (κ3) is 4.21. The molecule has 1 fully saturated rings. The minimum atomic E-state index is -0.438. The molecule has 0 bridgehead atoms. The molecule has 1 heterocycles. The highest BCUT2D eigenvalue weighted by Gasteiger charge is 2.35. The smallest absolute Gasteiger partial charge is 0.245 e. The molecule has 0 saturated carbocycles. The van der Waals surface area contributed by atoms with Gasteiger partial charge in [-0.15, -0.1) is 0 Å². The zero-order valence-corrected chi connectivity index (χ0v) is 14.9. The summed E-state index contributed by atoms with van der Waals surface area (Å²) in [6, 6.07) is 14.2. The van der Waals surface area contributed by atoms with Crippen LogP contribution in [0.1, 0.15) is 12.0 Å². The van der Waals surface area contributed by atoms with Gasteiger partial charge >= 0.3 is 0 Å². The van der Waals surface area contributed by atoms with Crippen LogP contribution in [0.4, 0.5) is 5.69 Å². The van der Waals surface area contributed by atoms with Gasteiger partial charge in [-0.05, 0) is 42.0 Å². The number of carbonyl (C=O) groups is 2. The highest BCUT2D eigenvalue weighted by Crippen LogP contribution is 2.26. The maximum Gasteiger partial charge on any atom is 0.245 e. The second-order valence-electron chi connectivity index (χ2n) is 5.89. The van der Waals surface area contributed by atoms with Gasteiger partial charge in [-0.1, -0.05) is 23.7 Å². The lowest BCUT2D eigenvalue weighted by atomic mass is 10.1. The molecule has 6 nitrogen and oxygen atoms in total. The van der Waals surface area contributed by atoms with Gasteiger partial charge in [0, 0.05) is 23.7 Å². The van der Waals surface area contributed by atoms with Crippen LogP contribution in [0.2, 0.25) is 5.02 Å². The zero-order chi connectivity index (χ0) is 18.5. The van der Waals surface area contributed by atoms with Crippen LogP contribution in [-0.2, 0) is 9.59 Å². The van der Waals surface area contributed by atoms with Crippen molar-refractivity contribution in [3.63, 3.8) is 0 Å². The van der Waals surface area contributed by atoms with E-state index < -0.39 is 5.92 Å². The molecular weight excluding hydrogens is 354 g/mol. The fourth-order valence-corrected chi connectivity index (χ4v) is 2.83. The number of halogens is 1. The molecular formula is C19H18ClN3O3. The first-order valence-corrected chi connectivity index (χ1v) is 8.47. The summed E-state index contributed by atoms with van der Waals surface area (Å²) in [5, 5.41) is 4.58. The monoisotopic (exact) mass is 371 g/mol. The average molecular weight is 372 g/mol.